The largest absolute Gasteiger partial charge is 0.504 e. The van der Waals surface area contributed by atoms with Gasteiger partial charge in [0, 0.05) is 0 Å². The van der Waals surface area contributed by atoms with Crippen molar-refractivity contribution in [1.82, 2.24) is 20.3 Å². The molecule has 4 aromatic rings. The zero-order valence-corrected chi connectivity index (χ0v) is 17.4. The van der Waals surface area contributed by atoms with Gasteiger partial charge in [0.25, 0.3) is 0 Å². The van der Waals surface area contributed by atoms with Crippen molar-refractivity contribution in [1.29, 1.82) is 0 Å². The second kappa shape index (κ2) is 9.47. The Kier molecular flexibility index (Phi) is 6.11. The normalized spacial score (nSPS) is 11.3. The summed E-state index contributed by atoms with van der Waals surface area (Å²) in [6, 6.07) is 9.65. The van der Waals surface area contributed by atoms with Crippen LogP contribution >= 0.6 is 0 Å². The van der Waals surface area contributed by atoms with Gasteiger partial charge in [-0.25, -0.2) is 4.63 Å². The van der Waals surface area contributed by atoms with Crippen LogP contribution in [0.5, 0.6) is 23.0 Å². The Labute approximate surface area is 186 Å². The molecular weight excluding hydrogens is 432 g/mol. The minimum absolute atomic E-state index is 0.0161. The first-order chi connectivity index (χ1) is 16.1. The molecule has 0 aliphatic heterocycles. The highest BCUT2D eigenvalue weighted by Crippen LogP contribution is 2.26. The number of hydrogen-bond donors (Lipinski definition) is 4. The molecule has 2 aromatic carbocycles. The summed E-state index contributed by atoms with van der Waals surface area (Å²) in [7, 11) is 2.93. The number of aromatic hydroxyl groups is 2. The fraction of sp³-hybridized carbons (Fsp3) is 0.100. The topological polar surface area (TPSA) is 172 Å². The second-order valence-corrected chi connectivity index (χ2v) is 6.43. The van der Waals surface area contributed by atoms with E-state index < -0.39 is 0 Å². The van der Waals surface area contributed by atoms with Crippen LogP contribution in [-0.2, 0) is 0 Å². The molecule has 168 valence electrons. The molecule has 0 saturated heterocycles. The molecule has 2 heterocycles. The van der Waals surface area contributed by atoms with E-state index in [-0.39, 0.29) is 34.4 Å². The van der Waals surface area contributed by atoms with Gasteiger partial charge in [-0.2, -0.15) is 20.2 Å². The molecule has 0 bridgehead atoms. The quantitative estimate of drug-likeness (QED) is 0.229. The maximum Gasteiger partial charge on any atom is 0.245 e. The number of hydrazone groups is 2. The average molecular weight is 450 g/mol. The van der Waals surface area contributed by atoms with Crippen LogP contribution in [0.25, 0.3) is 11.3 Å². The first-order valence-electron chi connectivity index (χ1n) is 9.40. The van der Waals surface area contributed by atoms with Crippen LogP contribution in [0.2, 0.25) is 0 Å². The predicted molar refractivity (Wildman–Crippen MR) is 119 cm³/mol. The van der Waals surface area contributed by atoms with Gasteiger partial charge in [-0.1, -0.05) is 0 Å². The Balaban J connectivity index is 1.53. The van der Waals surface area contributed by atoms with Gasteiger partial charge in [-0.3, -0.25) is 10.9 Å². The molecular formula is C20H18N8O5. The summed E-state index contributed by atoms with van der Waals surface area (Å²) < 4.78 is 14.7. The molecule has 0 spiro atoms. The Morgan fingerprint density at radius 1 is 0.788 bits per heavy atom. The highest BCUT2D eigenvalue weighted by molar-refractivity contribution is 5.83. The summed E-state index contributed by atoms with van der Waals surface area (Å²) in [5.41, 5.74) is 7.06. The number of phenols is 2. The molecule has 0 radical (unpaired) electrons. The maximum atomic E-state index is 9.88. The molecule has 13 nitrogen and oxygen atoms in total. The van der Waals surface area contributed by atoms with Crippen LogP contribution < -0.4 is 20.3 Å². The first-order valence-corrected chi connectivity index (χ1v) is 9.40. The van der Waals surface area contributed by atoms with E-state index in [4.69, 9.17) is 9.47 Å². The molecule has 13 heteroatoms. The standard InChI is InChI=1S/C20H18N8O5/c1-31-15-5-3-11(7-13(15)29)9-21-25-17-18(24-20-19(23-17)27-33-28-20)26-22-10-12-4-6-16(32-2)14(30)8-12/h3-10,29-30H,1-2H3,(H,23,25,27)(H,24,26,28). The molecule has 2 aromatic heterocycles. The van der Waals surface area contributed by atoms with Crippen LogP contribution in [-0.4, -0.2) is 57.1 Å². The summed E-state index contributed by atoms with van der Waals surface area (Å²) in [6.07, 6.45) is 2.94. The fourth-order valence-electron chi connectivity index (χ4n) is 2.70. The van der Waals surface area contributed by atoms with Gasteiger partial charge >= 0.3 is 0 Å². The van der Waals surface area contributed by atoms with Crippen molar-refractivity contribution in [3.05, 3.63) is 47.5 Å². The van der Waals surface area contributed by atoms with E-state index in [2.05, 4.69) is 46.0 Å². The first kappa shape index (κ1) is 21.3. The Hall–Kier alpha value is -4.94. The van der Waals surface area contributed by atoms with E-state index >= 15 is 0 Å². The minimum atomic E-state index is -0.0161. The van der Waals surface area contributed by atoms with Crippen molar-refractivity contribution < 1.29 is 24.3 Å². The molecule has 4 rings (SSSR count). The molecule has 0 saturated carbocycles. The summed E-state index contributed by atoms with van der Waals surface area (Å²) >= 11 is 0. The van der Waals surface area contributed by atoms with E-state index in [0.717, 1.165) is 0 Å². The number of anilines is 2. The van der Waals surface area contributed by atoms with Gasteiger partial charge in [0.05, 0.1) is 26.6 Å². The van der Waals surface area contributed by atoms with Gasteiger partial charge in [-0.05, 0) is 57.8 Å². The van der Waals surface area contributed by atoms with Crippen LogP contribution in [0.3, 0.4) is 0 Å². The van der Waals surface area contributed by atoms with Crippen molar-refractivity contribution in [3.63, 3.8) is 0 Å². The Bertz CT molecular complexity index is 1240. The zero-order valence-electron chi connectivity index (χ0n) is 17.4. The third kappa shape index (κ3) is 4.87. The number of phenolic OH excluding ortho intramolecular Hbond substituents is 2. The van der Waals surface area contributed by atoms with Crippen LogP contribution in [0.4, 0.5) is 11.6 Å². The lowest BCUT2D eigenvalue weighted by molar-refractivity contribution is 0.314. The smallest absolute Gasteiger partial charge is 0.245 e. The van der Waals surface area contributed by atoms with Gasteiger partial charge in [0.15, 0.2) is 34.6 Å². The summed E-state index contributed by atoms with van der Waals surface area (Å²) in [5.74, 6) is 1.06. The van der Waals surface area contributed by atoms with Crippen molar-refractivity contribution >= 4 is 35.4 Å². The predicted octanol–water partition coefficient (Wildman–Crippen LogP) is 2.33. The molecule has 0 atom stereocenters. The number of aromatic nitrogens is 4. The Morgan fingerprint density at radius 2 is 1.24 bits per heavy atom. The lowest BCUT2D eigenvalue weighted by Crippen LogP contribution is -2.03. The summed E-state index contributed by atoms with van der Waals surface area (Å²) in [4.78, 5) is 8.51. The number of hydrogen-bond acceptors (Lipinski definition) is 13. The van der Waals surface area contributed by atoms with E-state index in [1.807, 2.05) is 0 Å². The van der Waals surface area contributed by atoms with Crippen molar-refractivity contribution in [2.75, 3.05) is 25.1 Å². The van der Waals surface area contributed by atoms with Crippen LogP contribution in [0, 0.1) is 0 Å². The lowest BCUT2D eigenvalue weighted by atomic mass is 10.2. The highest BCUT2D eigenvalue weighted by Gasteiger charge is 2.12. The number of nitrogens with zero attached hydrogens (tertiary/aromatic N) is 6. The van der Waals surface area contributed by atoms with Crippen molar-refractivity contribution in [2.24, 2.45) is 10.2 Å². The number of nitrogens with one attached hydrogen (secondary N) is 2. The van der Waals surface area contributed by atoms with Gasteiger partial charge in [0.2, 0.25) is 11.3 Å². The average Bonchev–Trinajstić information content (AvgIpc) is 3.26. The van der Waals surface area contributed by atoms with Crippen molar-refractivity contribution in [3.8, 4) is 23.0 Å². The monoisotopic (exact) mass is 450 g/mol. The Morgan fingerprint density at radius 3 is 1.64 bits per heavy atom. The van der Waals surface area contributed by atoms with E-state index in [0.29, 0.717) is 22.6 Å². The summed E-state index contributed by atoms with van der Waals surface area (Å²) in [5, 5.41) is 35.3. The third-order valence-corrected chi connectivity index (χ3v) is 4.29. The van der Waals surface area contributed by atoms with E-state index in [9.17, 15) is 10.2 Å². The van der Waals surface area contributed by atoms with Gasteiger partial charge < -0.3 is 19.7 Å². The lowest BCUT2D eigenvalue weighted by Gasteiger charge is -2.06. The zero-order chi connectivity index (χ0) is 23.2. The van der Waals surface area contributed by atoms with Gasteiger partial charge in [0.1, 0.15) is 0 Å². The van der Waals surface area contributed by atoms with E-state index in [1.165, 1.54) is 38.8 Å². The SMILES string of the molecule is COc1ccc(C=NNc2nc3nonc3nc2NN=Cc2ccc(OC)c(O)c2)cc1O. The number of rotatable bonds is 8. The number of benzene rings is 2. The molecule has 33 heavy (non-hydrogen) atoms. The number of ether oxygens (including phenoxy) is 2. The van der Waals surface area contributed by atoms with Crippen LogP contribution in [0.15, 0.2) is 51.2 Å². The second-order valence-electron chi connectivity index (χ2n) is 6.43. The molecule has 4 N–H and O–H groups in total. The molecule has 0 amide bonds. The fourth-order valence-corrected chi connectivity index (χ4v) is 2.70. The molecule has 0 aliphatic rings. The number of methoxy groups -OCH3 is 2. The van der Waals surface area contributed by atoms with Crippen LogP contribution in [0.1, 0.15) is 11.1 Å². The van der Waals surface area contributed by atoms with E-state index in [1.54, 1.807) is 24.3 Å². The highest BCUT2D eigenvalue weighted by atomic mass is 16.6. The van der Waals surface area contributed by atoms with Crippen molar-refractivity contribution in [2.45, 2.75) is 0 Å². The molecule has 0 aliphatic carbocycles. The minimum Gasteiger partial charge on any atom is -0.504 e. The van der Waals surface area contributed by atoms with Gasteiger partial charge in [-0.15, -0.1) is 0 Å². The maximum absolute atomic E-state index is 9.88. The summed E-state index contributed by atoms with van der Waals surface area (Å²) in [6.45, 7) is 0. The molecule has 0 fully saturated rings. The third-order valence-electron chi connectivity index (χ3n) is 4.29. The molecule has 0 unspecified atom stereocenters. The number of fused-ring (bicyclic) bond motifs is 1.